The predicted molar refractivity (Wildman–Crippen MR) is 108 cm³/mol. The molecule has 9 nitrogen and oxygen atoms in total. The summed E-state index contributed by atoms with van der Waals surface area (Å²) in [6.45, 7) is 1.66. The summed E-state index contributed by atoms with van der Waals surface area (Å²) in [5.74, 6) is 0.855. The molecule has 1 saturated heterocycles. The van der Waals surface area contributed by atoms with Gasteiger partial charge in [0, 0.05) is 18.2 Å². The monoisotopic (exact) mass is 429 g/mol. The molecule has 0 saturated carbocycles. The summed E-state index contributed by atoms with van der Waals surface area (Å²) in [7, 11) is 1.48. The van der Waals surface area contributed by atoms with Gasteiger partial charge in [-0.1, -0.05) is 11.6 Å². The van der Waals surface area contributed by atoms with Crippen molar-refractivity contribution in [3.05, 3.63) is 59.8 Å². The zero-order valence-corrected chi connectivity index (χ0v) is 17.0. The molecular formula is C20H20ClN5O4. The van der Waals surface area contributed by atoms with E-state index in [4.69, 9.17) is 25.8 Å². The highest BCUT2D eigenvalue weighted by atomic mass is 35.5. The van der Waals surface area contributed by atoms with Crippen LogP contribution in [0.15, 0.2) is 49.1 Å². The number of rotatable bonds is 6. The third kappa shape index (κ3) is 4.69. The average Bonchev–Trinajstić information content (AvgIpc) is 3.32. The van der Waals surface area contributed by atoms with Crippen molar-refractivity contribution in [3.8, 4) is 17.3 Å². The zero-order valence-electron chi connectivity index (χ0n) is 16.3. The van der Waals surface area contributed by atoms with E-state index in [1.54, 1.807) is 22.0 Å². The molecule has 1 aromatic carbocycles. The molecular weight excluding hydrogens is 410 g/mol. The summed E-state index contributed by atoms with van der Waals surface area (Å²) < 4.78 is 18.4. The van der Waals surface area contributed by atoms with Crippen LogP contribution in [-0.4, -0.2) is 70.1 Å². The van der Waals surface area contributed by atoms with Gasteiger partial charge < -0.3 is 19.1 Å². The fourth-order valence-electron chi connectivity index (χ4n) is 3.11. The highest BCUT2D eigenvalue weighted by Crippen LogP contribution is 2.20. The average molecular weight is 430 g/mol. The molecule has 1 aliphatic rings. The first kappa shape index (κ1) is 20.1. The van der Waals surface area contributed by atoms with Gasteiger partial charge in [-0.15, -0.1) is 0 Å². The van der Waals surface area contributed by atoms with Crippen molar-refractivity contribution in [2.75, 3.05) is 33.4 Å². The van der Waals surface area contributed by atoms with E-state index in [1.807, 2.05) is 24.3 Å². The predicted octanol–water partition coefficient (Wildman–Crippen LogP) is 2.24. The van der Waals surface area contributed by atoms with Gasteiger partial charge in [-0.2, -0.15) is 5.10 Å². The van der Waals surface area contributed by atoms with Crippen molar-refractivity contribution in [3.63, 3.8) is 0 Å². The van der Waals surface area contributed by atoms with Crippen LogP contribution in [-0.2, 0) is 4.74 Å². The number of carbonyl (C=O) groups excluding carboxylic acids is 1. The van der Waals surface area contributed by atoms with Crippen LogP contribution in [0.5, 0.6) is 11.6 Å². The second-order valence-electron chi connectivity index (χ2n) is 6.61. The van der Waals surface area contributed by atoms with Crippen LogP contribution in [0.2, 0.25) is 5.15 Å². The van der Waals surface area contributed by atoms with E-state index in [0.29, 0.717) is 43.5 Å². The number of ether oxygens (including phenoxy) is 3. The van der Waals surface area contributed by atoms with Gasteiger partial charge in [0.2, 0.25) is 5.88 Å². The highest BCUT2D eigenvalue weighted by Gasteiger charge is 2.26. The van der Waals surface area contributed by atoms with Gasteiger partial charge in [-0.25, -0.2) is 14.6 Å². The number of pyridine rings is 1. The summed E-state index contributed by atoms with van der Waals surface area (Å²) in [6.07, 6.45) is 2.87. The number of hydrogen-bond acceptors (Lipinski definition) is 7. The topological polar surface area (TPSA) is 91.6 Å². The molecule has 3 heterocycles. The Morgan fingerprint density at radius 2 is 2.13 bits per heavy atom. The molecule has 3 aromatic rings. The van der Waals surface area contributed by atoms with Crippen LogP contribution < -0.4 is 9.47 Å². The number of morpholine rings is 1. The summed E-state index contributed by atoms with van der Waals surface area (Å²) in [5.41, 5.74) is 1.31. The number of methoxy groups -OCH3 is 1. The Hall–Kier alpha value is -3.17. The van der Waals surface area contributed by atoms with Gasteiger partial charge in [0.05, 0.1) is 25.9 Å². The van der Waals surface area contributed by atoms with Crippen molar-refractivity contribution in [1.82, 2.24) is 24.6 Å². The second kappa shape index (κ2) is 9.10. The molecule has 0 bridgehead atoms. The molecule has 0 aliphatic carbocycles. The quantitative estimate of drug-likeness (QED) is 0.555. The van der Waals surface area contributed by atoms with Crippen molar-refractivity contribution < 1.29 is 19.0 Å². The molecule has 0 N–H and O–H groups in total. The first-order valence-corrected chi connectivity index (χ1v) is 9.70. The molecule has 0 spiro atoms. The van der Waals surface area contributed by atoms with Crippen molar-refractivity contribution in [2.45, 2.75) is 6.10 Å². The van der Waals surface area contributed by atoms with Crippen molar-refractivity contribution >= 4 is 17.5 Å². The summed E-state index contributed by atoms with van der Waals surface area (Å²) in [4.78, 5) is 22.5. The molecule has 1 aliphatic heterocycles. The summed E-state index contributed by atoms with van der Waals surface area (Å²) >= 11 is 5.99. The van der Waals surface area contributed by atoms with E-state index >= 15 is 0 Å². The Kier molecular flexibility index (Phi) is 6.10. The maximum atomic E-state index is 12.9. The normalized spacial score (nSPS) is 16.3. The fourth-order valence-corrected chi connectivity index (χ4v) is 3.31. The van der Waals surface area contributed by atoms with E-state index in [2.05, 4.69) is 15.1 Å². The lowest BCUT2D eigenvalue weighted by Crippen LogP contribution is -2.47. The minimum Gasteiger partial charge on any atom is -0.491 e. The van der Waals surface area contributed by atoms with Crippen LogP contribution in [0.3, 0.4) is 0 Å². The van der Waals surface area contributed by atoms with Crippen LogP contribution in [0.1, 0.15) is 10.4 Å². The largest absolute Gasteiger partial charge is 0.491 e. The maximum absolute atomic E-state index is 12.9. The smallest absolute Gasteiger partial charge is 0.254 e. The van der Waals surface area contributed by atoms with Gasteiger partial charge >= 0.3 is 0 Å². The SMILES string of the molecule is COc1cc(C(=O)N2CCOC(COc3ccc(-n4cncn4)cc3)C2)cc(Cl)n1. The lowest BCUT2D eigenvalue weighted by molar-refractivity contribution is -0.0401. The number of carbonyl (C=O) groups is 1. The molecule has 0 radical (unpaired) electrons. The van der Waals surface area contributed by atoms with E-state index in [-0.39, 0.29) is 17.2 Å². The number of amides is 1. The summed E-state index contributed by atoms with van der Waals surface area (Å²) in [5, 5.41) is 4.30. The van der Waals surface area contributed by atoms with Crippen LogP contribution >= 0.6 is 11.6 Å². The number of halogens is 1. The molecule has 2 aromatic heterocycles. The zero-order chi connectivity index (χ0) is 20.9. The molecule has 1 amide bonds. The number of benzene rings is 1. The second-order valence-corrected chi connectivity index (χ2v) is 7.00. The van der Waals surface area contributed by atoms with Crippen LogP contribution in [0.25, 0.3) is 5.69 Å². The fraction of sp³-hybridized carbons (Fsp3) is 0.300. The minimum atomic E-state index is -0.239. The van der Waals surface area contributed by atoms with Gasteiger partial charge in [-0.05, 0) is 30.3 Å². The maximum Gasteiger partial charge on any atom is 0.254 e. The lowest BCUT2D eigenvalue weighted by atomic mass is 10.2. The first-order valence-electron chi connectivity index (χ1n) is 9.32. The third-order valence-electron chi connectivity index (χ3n) is 4.61. The van der Waals surface area contributed by atoms with E-state index < -0.39 is 0 Å². The molecule has 10 heteroatoms. The highest BCUT2D eigenvalue weighted by molar-refractivity contribution is 6.29. The number of hydrogen-bond donors (Lipinski definition) is 0. The molecule has 156 valence electrons. The Morgan fingerprint density at radius 3 is 2.87 bits per heavy atom. The standard InChI is InChI=1S/C20H20ClN5O4/c1-28-19-9-14(8-18(21)24-19)20(27)25-6-7-29-17(10-25)11-30-16-4-2-15(3-5-16)26-13-22-12-23-26/h2-5,8-9,12-13,17H,6-7,10-11H2,1H3. The lowest BCUT2D eigenvalue weighted by Gasteiger charge is -2.33. The third-order valence-corrected chi connectivity index (χ3v) is 4.80. The van der Waals surface area contributed by atoms with E-state index in [1.165, 1.54) is 19.5 Å². The Labute approximate surface area is 178 Å². The molecule has 1 fully saturated rings. The first-order chi connectivity index (χ1) is 14.6. The van der Waals surface area contributed by atoms with Crippen LogP contribution in [0.4, 0.5) is 0 Å². The minimum absolute atomic E-state index is 0.150. The Bertz CT molecular complexity index is 997. The van der Waals surface area contributed by atoms with E-state index in [9.17, 15) is 4.79 Å². The molecule has 30 heavy (non-hydrogen) atoms. The number of nitrogens with zero attached hydrogens (tertiary/aromatic N) is 5. The number of aromatic nitrogens is 4. The van der Waals surface area contributed by atoms with Crippen molar-refractivity contribution in [1.29, 1.82) is 0 Å². The van der Waals surface area contributed by atoms with Gasteiger partial charge in [0.15, 0.2) is 0 Å². The van der Waals surface area contributed by atoms with Crippen LogP contribution in [0, 0.1) is 0 Å². The molecule has 1 atom stereocenters. The van der Waals surface area contributed by atoms with E-state index in [0.717, 1.165) is 5.69 Å². The summed E-state index contributed by atoms with van der Waals surface area (Å²) in [6, 6.07) is 10.6. The Morgan fingerprint density at radius 1 is 1.30 bits per heavy atom. The molecule has 1 unspecified atom stereocenters. The van der Waals surface area contributed by atoms with Gasteiger partial charge in [0.1, 0.15) is 36.3 Å². The van der Waals surface area contributed by atoms with Gasteiger partial charge in [0.25, 0.3) is 5.91 Å². The molecule has 4 rings (SSSR count). The Balaban J connectivity index is 1.35. The van der Waals surface area contributed by atoms with Gasteiger partial charge in [-0.3, -0.25) is 4.79 Å². The van der Waals surface area contributed by atoms with Crippen molar-refractivity contribution in [2.24, 2.45) is 0 Å².